The molecule has 1 atom stereocenters. The smallest absolute Gasteiger partial charge is 0.319 e. The van der Waals surface area contributed by atoms with Gasteiger partial charge in [-0.25, -0.2) is 9.78 Å². The van der Waals surface area contributed by atoms with Crippen LogP contribution >= 0.6 is 0 Å². The van der Waals surface area contributed by atoms with Crippen molar-refractivity contribution in [2.75, 3.05) is 40.4 Å². The second kappa shape index (κ2) is 6.74. The molecule has 1 unspecified atom stereocenters. The number of ether oxygens (including phenoxy) is 2. The van der Waals surface area contributed by atoms with Crippen LogP contribution in [0.2, 0.25) is 0 Å². The number of hydrogen-bond donors (Lipinski definition) is 0. The van der Waals surface area contributed by atoms with Gasteiger partial charge in [-0.2, -0.15) is 0 Å². The van der Waals surface area contributed by atoms with Crippen LogP contribution in [0.25, 0.3) is 0 Å². The molecule has 2 aliphatic rings. The van der Waals surface area contributed by atoms with E-state index in [0.717, 1.165) is 25.9 Å². The Labute approximate surface area is 137 Å². The van der Waals surface area contributed by atoms with Gasteiger partial charge >= 0.3 is 6.03 Å². The van der Waals surface area contributed by atoms with Gasteiger partial charge in [0.25, 0.3) is 0 Å². The summed E-state index contributed by atoms with van der Waals surface area (Å²) in [6.07, 6.45) is 4.82. The van der Waals surface area contributed by atoms with Gasteiger partial charge in [-0.15, -0.1) is 0 Å². The van der Waals surface area contributed by atoms with Gasteiger partial charge in [-0.1, -0.05) is 6.07 Å². The van der Waals surface area contributed by atoms with Crippen LogP contribution in [-0.4, -0.2) is 66.8 Å². The Morgan fingerprint density at radius 2 is 2.30 bits per heavy atom. The predicted molar refractivity (Wildman–Crippen MR) is 86.4 cm³/mol. The molecule has 2 aliphatic heterocycles. The van der Waals surface area contributed by atoms with Gasteiger partial charge in [0.2, 0.25) is 5.88 Å². The Morgan fingerprint density at radius 3 is 3.00 bits per heavy atom. The van der Waals surface area contributed by atoms with E-state index < -0.39 is 0 Å². The highest BCUT2D eigenvalue weighted by Crippen LogP contribution is 2.38. The lowest BCUT2D eigenvalue weighted by Crippen LogP contribution is -2.67. The molecule has 6 nitrogen and oxygen atoms in total. The maximum Gasteiger partial charge on any atom is 0.319 e. The number of nitrogens with zero attached hydrogens (tertiary/aromatic N) is 3. The first-order valence-corrected chi connectivity index (χ1v) is 8.22. The summed E-state index contributed by atoms with van der Waals surface area (Å²) in [7, 11) is 3.57. The molecule has 23 heavy (non-hydrogen) atoms. The van der Waals surface area contributed by atoms with Gasteiger partial charge in [0.05, 0.1) is 19.7 Å². The van der Waals surface area contributed by atoms with Gasteiger partial charge in [-0.05, 0) is 31.2 Å². The molecule has 6 heteroatoms. The third-order valence-corrected chi connectivity index (χ3v) is 4.62. The Hall–Kier alpha value is -1.82. The van der Waals surface area contributed by atoms with Crippen LogP contribution in [0.15, 0.2) is 24.4 Å². The van der Waals surface area contributed by atoms with Crippen LogP contribution in [0.5, 0.6) is 5.88 Å². The van der Waals surface area contributed by atoms with Crippen molar-refractivity contribution >= 4 is 6.03 Å². The van der Waals surface area contributed by atoms with Crippen molar-refractivity contribution in [3.05, 3.63) is 24.4 Å². The number of hydrogen-bond acceptors (Lipinski definition) is 4. The minimum absolute atomic E-state index is 0.0693. The Balaban J connectivity index is 1.43. The van der Waals surface area contributed by atoms with Crippen LogP contribution in [0.4, 0.5) is 4.79 Å². The first kappa shape index (κ1) is 16.1. The van der Waals surface area contributed by atoms with E-state index in [1.165, 1.54) is 0 Å². The van der Waals surface area contributed by atoms with E-state index in [2.05, 4.69) is 4.98 Å². The van der Waals surface area contributed by atoms with Gasteiger partial charge in [-0.3, -0.25) is 0 Å². The zero-order valence-electron chi connectivity index (χ0n) is 13.9. The summed E-state index contributed by atoms with van der Waals surface area (Å²) in [6.45, 7) is 2.87. The predicted octanol–water partition coefficient (Wildman–Crippen LogP) is 2.01. The number of amides is 2. The lowest BCUT2D eigenvalue weighted by atomic mass is 9.79. The molecule has 3 rings (SSSR count). The molecule has 0 N–H and O–H groups in total. The molecule has 3 heterocycles. The number of urea groups is 1. The second-order valence-electron chi connectivity index (χ2n) is 6.73. The summed E-state index contributed by atoms with van der Waals surface area (Å²) in [5.74, 6) is 1.27. The normalized spacial score (nSPS) is 22.5. The lowest BCUT2D eigenvalue weighted by molar-refractivity contribution is -0.167. The number of rotatable bonds is 4. The molecule has 1 aromatic heterocycles. The number of carbonyl (C=O) groups is 1. The highest BCUT2D eigenvalue weighted by atomic mass is 16.5. The summed E-state index contributed by atoms with van der Waals surface area (Å²) >= 11 is 0. The Kier molecular flexibility index (Phi) is 4.71. The molecule has 0 bridgehead atoms. The average molecular weight is 319 g/mol. The van der Waals surface area contributed by atoms with Gasteiger partial charge in [0, 0.05) is 33.0 Å². The van der Waals surface area contributed by atoms with Crippen LogP contribution in [0.3, 0.4) is 0 Å². The van der Waals surface area contributed by atoms with Crippen LogP contribution in [0, 0.1) is 5.92 Å². The van der Waals surface area contributed by atoms with Gasteiger partial charge < -0.3 is 19.3 Å². The summed E-state index contributed by atoms with van der Waals surface area (Å²) in [5.41, 5.74) is -0.125. The fourth-order valence-corrected chi connectivity index (χ4v) is 3.43. The van der Waals surface area contributed by atoms with Crippen molar-refractivity contribution in [2.24, 2.45) is 5.92 Å². The molecule has 2 amide bonds. The third-order valence-electron chi connectivity index (χ3n) is 4.62. The second-order valence-corrected chi connectivity index (χ2v) is 6.73. The Morgan fingerprint density at radius 1 is 1.48 bits per heavy atom. The zero-order valence-corrected chi connectivity index (χ0v) is 13.9. The van der Waals surface area contributed by atoms with Crippen molar-refractivity contribution in [1.29, 1.82) is 0 Å². The van der Waals surface area contributed by atoms with E-state index in [9.17, 15) is 4.79 Å². The van der Waals surface area contributed by atoms with Crippen LogP contribution in [0.1, 0.15) is 19.3 Å². The van der Waals surface area contributed by atoms with Crippen molar-refractivity contribution in [3.63, 3.8) is 0 Å². The molecule has 0 saturated carbocycles. The van der Waals surface area contributed by atoms with E-state index in [4.69, 9.17) is 9.47 Å². The SMILES string of the molecule is CN(C)C(=O)N1CC2(CC(CCOc3ccccn3)CCO2)C1. The highest BCUT2D eigenvalue weighted by Gasteiger charge is 2.49. The average Bonchev–Trinajstić information content (AvgIpc) is 2.53. The molecular formula is C17H25N3O3. The molecule has 126 valence electrons. The fourth-order valence-electron chi connectivity index (χ4n) is 3.43. The summed E-state index contributed by atoms with van der Waals surface area (Å²) in [6, 6.07) is 5.75. The monoisotopic (exact) mass is 319 g/mol. The molecule has 0 aromatic carbocycles. The largest absolute Gasteiger partial charge is 0.478 e. The van der Waals surface area contributed by atoms with Gasteiger partial charge in [0.1, 0.15) is 5.60 Å². The molecule has 2 saturated heterocycles. The van der Waals surface area contributed by atoms with E-state index in [0.29, 0.717) is 31.5 Å². The quantitative estimate of drug-likeness (QED) is 0.852. The van der Waals surface area contributed by atoms with E-state index in [1.54, 1.807) is 25.2 Å². The molecular weight excluding hydrogens is 294 g/mol. The third kappa shape index (κ3) is 3.75. The van der Waals surface area contributed by atoms with Crippen LogP contribution in [-0.2, 0) is 4.74 Å². The van der Waals surface area contributed by atoms with E-state index in [-0.39, 0.29) is 11.6 Å². The summed E-state index contributed by atoms with van der Waals surface area (Å²) in [4.78, 5) is 19.6. The molecule has 1 spiro atoms. The minimum Gasteiger partial charge on any atom is -0.478 e. The summed E-state index contributed by atoms with van der Waals surface area (Å²) < 4.78 is 11.7. The number of carbonyl (C=O) groups excluding carboxylic acids is 1. The lowest BCUT2D eigenvalue weighted by Gasteiger charge is -2.53. The number of aromatic nitrogens is 1. The summed E-state index contributed by atoms with van der Waals surface area (Å²) in [5, 5.41) is 0. The molecule has 0 radical (unpaired) electrons. The number of pyridine rings is 1. The Bertz CT molecular complexity index is 529. The van der Waals surface area contributed by atoms with Crippen molar-refractivity contribution < 1.29 is 14.3 Å². The highest BCUT2D eigenvalue weighted by molar-refractivity contribution is 5.75. The zero-order chi connectivity index (χ0) is 16.3. The number of likely N-dealkylation sites (tertiary alicyclic amines) is 1. The maximum atomic E-state index is 11.9. The van der Waals surface area contributed by atoms with Crippen molar-refractivity contribution in [2.45, 2.75) is 24.9 Å². The van der Waals surface area contributed by atoms with Crippen molar-refractivity contribution in [3.8, 4) is 5.88 Å². The topological polar surface area (TPSA) is 54.9 Å². The fraction of sp³-hybridized carbons (Fsp3) is 0.647. The maximum absolute atomic E-state index is 11.9. The standard InChI is InChI=1S/C17H25N3O3/c1-19(2)16(21)20-12-17(13-20)11-14(7-10-23-17)6-9-22-15-5-3-4-8-18-15/h3-5,8,14H,6-7,9-13H2,1-2H3. The molecule has 1 aromatic rings. The first-order valence-electron chi connectivity index (χ1n) is 8.22. The van der Waals surface area contributed by atoms with Crippen molar-refractivity contribution in [1.82, 2.24) is 14.8 Å². The minimum atomic E-state index is -0.125. The van der Waals surface area contributed by atoms with E-state index >= 15 is 0 Å². The van der Waals surface area contributed by atoms with Crippen LogP contribution < -0.4 is 4.74 Å². The first-order chi connectivity index (χ1) is 11.1. The van der Waals surface area contributed by atoms with E-state index in [1.807, 2.05) is 23.1 Å². The molecule has 0 aliphatic carbocycles. The van der Waals surface area contributed by atoms with Gasteiger partial charge in [0.15, 0.2) is 0 Å². The molecule has 2 fully saturated rings.